The minimum absolute atomic E-state index is 0.0555. The number of ether oxygens (including phenoxy) is 3. The van der Waals surface area contributed by atoms with Gasteiger partial charge in [0.2, 0.25) is 0 Å². The van der Waals surface area contributed by atoms with Gasteiger partial charge < -0.3 is 23.7 Å². The summed E-state index contributed by atoms with van der Waals surface area (Å²) in [5.74, 6) is 3.67. The van der Waals surface area contributed by atoms with Crippen molar-refractivity contribution in [1.82, 2.24) is 14.5 Å². The number of likely N-dealkylation sites (N-methyl/N-ethyl adjacent to an activating group) is 1. The predicted molar refractivity (Wildman–Crippen MR) is 136 cm³/mol. The van der Waals surface area contributed by atoms with Crippen LogP contribution in [-0.4, -0.2) is 55.3 Å². The van der Waals surface area contributed by atoms with Crippen LogP contribution in [0, 0.1) is 13.8 Å². The van der Waals surface area contributed by atoms with Gasteiger partial charge >= 0.3 is 0 Å². The summed E-state index contributed by atoms with van der Waals surface area (Å²) in [7, 11) is 6.79. The number of benzene rings is 2. The number of imidazole rings is 1. The Morgan fingerprint density at radius 1 is 1.06 bits per heavy atom. The van der Waals surface area contributed by atoms with Gasteiger partial charge in [-0.1, -0.05) is 18.2 Å². The van der Waals surface area contributed by atoms with Gasteiger partial charge in [-0.3, -0.25) is 4.79 Å². The maximum atomic E-state index is 13.1. The third-order valence-corrected chi connectivity index (χ3v) is 6.90. The summed E-state index contributed by atoms with van der Waals surface area (Å²) in [6.45, 7) is 5.60. The van der Waals surface area contributed by atoms with Gasteiger partial charge in [0.15, 0.2) is 11.5 Å². The molecule has 1 amide bonds. The van der Waals surface area contributed by atoms with Crippen molar-refractivity contribution in [1.29, 1.82) is 0 Å². The van der Waals surface area contributed by atoms with E-state index in [0.717, 1.165) is 47.7 Å². The molecule has 2 heterocycles. The number of carbonyl (C=O) groups excluding carboxylic acids is 1. The van der Waals surface area contributed by atoms with Gasteiger partial charge in [0.05, 0.1) is 21.3 Å². The average molecular weight is 478 g/mol. The molecule has 1 aromatic heterocycles. The van der Waals surface area contributed by atoms with E-state index in [4.69, 9.17) is 14.2 Å². The van der Waals surface area contributed by atoms with Crippen LogP contribution >= 0.6 is 0 Å². The van der Waals surface area contributed by atoms with Crippen LogP contribution in [0.25, 0.3) is 0 Å². The van der Waals surface area contributed by atoms with Crippen LogP contribution in [-0.2, 0) is 19.4 Å². The predicted octanol–water partition coefficient (Wildman–Crippen LogP) is 4.57. The third kappa shape index (κ3) is 5.14. The van der Waals surface area contributed by atoms with Crippen LogP contribution < -0.4 is 14.2 Å². The highest BCUT2D eigenvalue weighted by molar-refractivity contribution is 5.92. The summed E-state index contributed by atoms with van der Waals surface area (Å²) in [6, 6.07) is 10.3. The number of methoxy groups -OCH3 is 3. The summed E-state index contributed by atoms with van der Waals surface area (Å²) in [6.07, 6.45) is 4.51. The van der Waals surface area contributed by atoms with Gasteiger partial charge in [-0.15, -0.1) is 0 Å². The molecule has 0 unspecified atom stereocenters. The molecule has 0 radical (unpaired) electrons. The van der Waals surface area contributed by atoms with Gasteiger partial charge in [0.25, 0.3) is 5.91 Å². The molecule has 0 spiro atoms. The molecule has 0 N–H and O–H groups in total. The summed E-state index contributed by atoms with van der Waals surface area (Å²) >= 11 is 0. The number of amides is 1. The minimum atomic E-state index is -0.0555. The molecule has 3 aromatic rings. The molecule has 1 aliphatic rings. The molecule has 1 aliphatic heterocycles. The van der Waals surface area contributed by atoms with E-state index in [1.165, 1.54) is 5.56 Å². The fourth-order valence-corrected chi connectivity index (χ4v) is 4.99. The van der Waals surface area contributed by atoms with Crippen molar-refractivity contribution in [2.75, 3.05) is 34.9 Å². The lowest BCUT2D eigenvalue weighted by atomic mass is 9.89. The first-order chi connectivity index (χ1) is 16.8. The third-order valence-electron chi connectivity index (χ3n) is 6.90. The number of nitrogens with zero attached hydrogens (tertiary/aromatic N) is 3. The highest BCUT2D eigenvalue weighted by Gasteiger charge is 2.25. The van der Waals surface area contributed by atoms with Crippen LogP contribution in [0.15, 0.2) is 36.5 Å². The van der Waals surface area contributed by atoms with Crippen LogP contribution in [0.1, 0.15) is 50.9 Å². The van der Waals surface area contributed by atoms with E-state index in [1.54, 1.807) is 26.2 Å². The second-order valence-corrected chi connectivity index (χ2v) is 9.28. The number of hydrogen-bond donors (Lipinski definition) is 0. The Balaban J connectivity index is 1.42. The van der Waals surface area contributed by atoms with Crippen molar-refractivity contribution in [3.63, 3.8) is 0 Å². The first kappa shape index (κ1) is 24.6. The van der Waals surface area contributed by atoms with Gasteiger partial charge in [-0.25, -0.2) is 4.98 Å². The number of fused-ring (bicyclic) bond motifs is 1. The maximum absolute atomic E-state index is 13.1. The Bertz CT molecular complexity index is 1190. The van der Waals surface area contributed by atoms with Crippen molar-refractivity contribution in [2.45, 2.75) is 45.6 Å². The van der Waals surface area contributed by atoms with Crippen LogP contribution in [0.2, 0.25) is 0 Å². The minimum Gasteiger partial charge on any atom is -0.496 e. The SMILES string of the molecule is COc1ccc(CCN(C)C(=O)c2cn3c(n2)CC[C@@H](c2cc(C)c(OC)c(C)c2)C3)cc1OC. The smallest absolute Gasteiger partial charge is 0.273 e. The molecule has 0 saturated heterocycles. The second-order valence-electron chi connectivity index (χ2n) is 9.28. The fraction of sp³-hybridized carbons (Fsp3) is 0.429. The molecular weight excluding hydrogens is 442 g/mol. The zero-order valence-corrected chi connectivity index (χ0v) is 21.6. The molecule has 2 aromatic carbocycles. The van der Waals surface area contributed by atoms with E-state index in [9.17, 15) is 4.79 Å². The van der Waals surface area contributed by atoms with Gasteiger partial charge in [0.1, 0.15) is 17.3 Å². The average Bonchev–Trinajstić information content (AvgIpc) is 3.29. The standard InChI is InChI=1S/C28H35N3O4/c1-18-13-22(14-19(2)27(18)35-6)21-8-10-26-29-23(17-31(26)16-21)28(32)30(3)12-11-20-7-9-24(33-4)25(15-20)34-5/h7,9,13-15,17,21H,8,10-12,16H2,1-6H3/t21-/m1/s1. The Morgan fingerprint density at radius 3 is 2.43 bits per heavy atom. The van der Waals surface area contributed by atoms with Crippen molar-refractivity contribution < 1.29 is 19.0 Å². The Kier molecular flexibility index (Phi) is 7.34. The van der Waals surface area contributed by atoms with E-state index in [1.807, 2.05) is 31.4 Å². The molecule has 0 fully saturated rings. The van der Waals surface area contributed by atoms with Crippen LogP contribution in [0.3, 0.4) is 0 Å². The van der Waals surface area contributed by atoms with Crippen LogP contribution in [0.4, 0.5) is 0 Å². The molecule has 7 nitrogen and oxygen atoms in total. The maximum Gasteiger partial charge on any atom is 0.273 e. The van der Waals surface area contributed by atoms with Crippen molar-refractivity contribution in [2.24, 2.45) is 0 Å². The summed E-state index contributed by atoms with van der Waals surface area (Å²) < 4.78 is 18.4. The number of carbonyl (C=O) groups is 1. The molecule has 1 atom stereocenters. The Morgan fingerprint density at radius 2 is 1.77 bits per heavy atom. The largest absolute Gasteiger partial charge is 0.496 e. The van der Waals surface area contributed by atoms with Crippen molar-refractivity contribution in [3.8, 4) is 17.2 Å². The van der Waals surface area contributed by atoms with E-state index in [2.05, 4.69) is 35.5 Å². The molecule has 4 rings (SSSR count). The van der Waals surface area contributed by atoms with Crippen molar-refractivity contribution in [3.05, 3.63) is 70.3 Å². The Hall–Kier alpha value is -3.48. The molecule has 35 heavy (non-hydrogen) atoms. The lowest BCUT2D eigenvalue weighted by Gasteiger charge is -2.25. The number of rotatable bonds is 8. The highest BCUT2D eigenvalue weighted by Crippen LogP contribution is 2.33. The van der Waals surface area contributed by atoms with Crippen molar-refractivity contribution >= 4 is 5.91 Å². The molecule has 7 heteroatoms. The normalized spacial score (nSPS) is 14.9. The topological polar surface area (TPSA) is 65.8 Å². The summed E-state index contributed by atoms with van der Waals surface area (Å²) in [5, 5.41) is 0. The van der Waals surface area contributed by atoms with E-state index < -0.39 is 0 Å². The lowest BCUT2D eigenvalue weighted by molar-refractivity contribution is 0.0791. The first-order valence-corrected chi connectivity index (χ1v) is 12.0. The highest BCUT2D eigenvalue weighted by atomic mass is 16.5. The van der Waals surface area contributed by atoms with Crippen LogP contribution in [0.5, 0.6) is 17.2 Å². The van der Waals surface area contributed by atoms with E-state index >= 15 is 0 Å². The summed E-state index contributed by atoms with van der Waals surface area (Å²) in [4.78, 5) is 19.5. The number of aromatic nitrogens is 2. The monoisotopic (exact) mass is 477 g/mol. The van der Waals surface area contributed by atoms with Gasteiger partial charge in [-0.05, 0) is 61.1 Å². The zero-order chi connectivity index (χ0) is 25.1. The Labute approximate surface area is 207 Å². The quantitative estimate of drug-likeness (QED) is 0.476. The summed E-state index contributed by atoms with van der Waals surface area (Å²) in [5.41, 5.74) is 5.23. The second kappa shape index (κ2) is 10.4. The number of hydrogen-bond acceptors (Lipinski definition) is 5. The molecule has 0 bridgehead atoms. The van der Waals surface area contributed by atoms with E-state index in [0.29, 0.717) is 36.1 Å². The van der Waals surface area contributed by atoms with E-state index in [-0.39, 0.29) is 5.91 Å². The molecule has 0 saturated carbocycles. The fourth-order valence-electron chi connectivity index (χ4n) is 4.99. The number of aryl methyl sites for hydroxylation is 3. The molecule has 186 valence electrons. The van der Waals surface area contributed by atoms with Gasteiger partial charge in [0, 0.05) is 38.7 Å². The zero-order valence-electron chi connectivity index (χ0n) is 21.6. The molecular formula is C28H35N3O4. The lowest BCUT2D eigenvalue weighted by Crippen LogP contribution is -2.29. The first-order valence-electron chi connectivity index (χ1n) is 12.0. The van der Waals surface area contributed by atoms with Gasteiger partial charge in [-0.2, -0.15) is 0 Å². The molecule has 0 aliphatic carbocycles.